The molecule has 0 heterocycles. The summed E-state index contributed by atoms with van der Waals surface area (Å²) < 4.78 is 0. The van der Waals surface area contributed by atoms with Crippen LogP contribution in [0.15, 0.2) is 54.6 Å². The first-order valence-electron chi connectivity index (χ1n) is 7.51. The Bertz CT molecular complexity index is 658. The predicted molar refractivity (Wildman–Crippen MR) is 91.5 cm³/mol. The van der Waals surface area contributed by atoms with E-state index in [1.807, 2.05) is 30.3 Å². The van der Waals surface area contributed by atoms with Crippen molar-refractivity contribution < 1.29 is 9.90 Å². The molecule has 0 bridgehead atoms. The number of phenols is 1. The van der Waals surface area contributed by atoms with Gasteiger partial charge in [0.2, 0.25) is 0 Å². The van der Waals surface area contributed by atoms with Gasteiger partial charge in [-0.1, -0.05) is 30.3 Å². The molecule has 2 rings (SSSR count). The lowest BCUT2D eigenvalue weighted by atomic mass is 10.1. The lowest BCUT2D eigenvalue weighted by Crippen LogP contribution is -2.21. The third kappa shape index (κ3) is 3.76. The summed E-state index contributed by atoms with van der Waals surface area (Å²) in [6, 6.07) is 14.6. The van der Waals surface area contributed by atoms with Crippen LogP contribution in [0.25, 0.3) is 6.08 Å². The number of hydrogen-bond donors (Lipinski definition) is 1. The monoisotopic (exact) mass is 295 g/mol. The summed E-state index contributed by atoms with van der Waals surface area (Å²) in [7, 11) is 0. The number of aromatic hydroxyl groups is 1. The van der Waals surface area contributed by atoms with E-state index in [4.69, 9.17) is 0 Å². The lowest BCUT2D eigenvalue weighted by molar-refractivity contribution is 0.104. The van der Waals surface area contributed by atoms with Crippen LogP contribution in [0.4, 0.5) is 5.69 Å². The van der Waals surface area contributed by atoms with E-state index in [2.05, 4.69) is 18.7 Å². The van der Waals surface area contributed by atoms with Crippen molar-refractivity contribution in [2.45, 2.75) is 13.8 Å². The highest BCUT2D eigenvalue weighted by atomic mass is 16.3. The Balaban J connectivity index is 2.16. The molecule has 22 heavy (non-hydrogen) atoms. The summed E-state index contributed by atoms with van der Waals surface area (Å²) in [5.74, 6) is 0.106. The normalized spacial score (nSPS) is 10.8. The van der Waals surface area contributed by atoms with Gasteiger partial charge in [-0.15, -0.1) is 0 Å². The zero-order chi connectivity index (χ0) is 15.9. The second-order valence-electron chi connectivity index (χ2n) is 4.98. The Hall–Kier alpha value is -2.55. The van der Waals surface area contributed by atoms with Gasteiger partial charge in [0, 0.05) is 36.0 Å². The van der Waals surface area contributed by atoms with Gasteiger partial charge in [-0.2, -0.15) is 0 Å². The van der Waals surface area contributed by atoms with E-state index in [9.17, 15) is 9.90 Å². The average molecular weight is 295 g/mol. The molecule has 0 aliphatic carbocycles. The standard InChI is InChI=1S/C19H21NO2/c1-3-20(4-2)17-12-10-16(19(22)14-17)11-13-18(21)15-8-6-5-7-9-15/h5-14,22H,3-4H2,1-2H3/b13-11-. The minimum absolute atomic E-state index is 0.0761. The number of carbonyl (C=O) groups excluding carboxylic acids is 1. The van der Waals surface area contributed by atoms with E-state index in [1.54, 1.807) is 24.3 Å². The highest BCUT2D eigenvalue weighted by molar-refractivity contribution is 6.06. The fraction of sp³-hybridized carbons (Fsp3) is 0.211. The molecule has 0 amide bonds. The summed E-state index contributed by atoms with van der Waals surface area (Å²) in [6.45, 7) is 5.93. The van der Waals surface area contributed by atoms with Crippen LogP contribution in [-0.2, 0) is 0 Å². The molecule has 0 atom stereocenters. The molecular weight excluding hydrogens is 274 g/mol. The number of benzene rings is 2. The molecule has 0 unspecified atom stereocenters. The van der Waals surface area contributed by atoms with Crippen molar-refractivity contribution >= 4 is 17.5 Å². The summed E-state index contributed by atoms with van der Waals surface area (Å²) in [6.07, 6.45) is 3.14. The fourth-order valence-corrected chi connectivity index (χ4v) is 2.32. The maximum absolute atomic E-state index is 12.0. The first-order chi connectivity index (χ1) is 10.7. The molecule has 0 saturated carbocycles. The van der Waals surface area contributed by atoms with Gasteiger partial charge in [-0.05, 0) is 38.1 Å². The van der Waals surface area contributed by atoms with Gasteiger partial charge in [0.25, 0.3) is 0 Å². The molecule has 0 aliphatic heterocycles. The number of allylic oxidation sites excluding steroid dienone is 1. The zero-order valence-electron chi connectivity index (χ0n) is 13.0. The van der Waals surface area contributed by atoms with Gasteiger partial charge in [0.15, 0.2) is 5.78 Å². The zero-order valence-corrected chi connectivity index (χ0v) is 13.0. The van der Waals surface area contributed by atoms with E-state index in [0.717, 1.165) is 18.8 Å². The van der Waals surface area contributed by atoms with Crippen molar-refractivity contribution in [3.05, 3.63) is 65.7 Å². The van der Waals surface area contributed by atoms with Crippen molar-refractivity contribution in [3.63, 3.8) is 0 Å². The summed E-state index contributed by atoms with van der Waals surface area (Å²) in [5.41, 5.74) is 2.26. The van der Waals surface area contributed by atoms with Crippen molar-refractivity contribution in [2.75, 3.05) is 18.0 Å². The topological polar surface area (TPSA) is 40.5 Å². The number of phenolic OH excluding ortho intramolecular Hbond substituents is 1. The second kappa shape index (κ2) is 7.46. The van der Waals surface area contributed by atoms with Crippen LogP contribution >= 0.6 is 0 Å². The van der Waals surface area contributed by atoms with Crippen molar-refractivity contribution in [2.24, 2.45) is 0 Å². The van der Waals surface area contributed by atoms with Crippen molar-refractivity contribution in [1.29, 1.82) is 0 Å². The van der Waals surface area contributed by atoms with Gasteiger partial charge >= 0.3 is 0 Å². The Morgan fingerprint density at radius 3 is 2.36 bits per heavy atom. The molecule has 2 aromatic rings. The van der Waals surface area contributed by atoms with Crippen LogP contribution in [0.5, 0.6) is 5.75 Å². The van der Waals surface area contributed by atoms with Crippen LogP contribution in [0.2, 0.25) is 0 Å². The highest BCUT2D eigenvalue weighted by Gasteiger charge is 2.06. The molecule has 114 valence electrons. The summed E-state index contributed by atoms with van der Waals surface area (Å²) in [5, 5.41) is 10.1. The predicted octanol–water partition coefficient (Wildman–Crippen LogP) is 4.13. The van der Waals surface area contributed by atoms with E-state index in [-0.39, 0.29) is 11.5 Å². The number of anilines is 1. The number of nitrogens with zero attached hydrogens (tertiary/aromatic N) is 1. The van der Waals surface area contributed by atoms with E-state index in [0.29, 0.717) is 11.1 Å². The maximum Gasteiger partial charge on any atom is 0.185 e. The molecule has 0 aromatic heterocycles. The molecule has 0 aliphatic rings. The Kier molecular flexibility index (Phi) is 5.37. The van der Waals surface area contributed by atoms with E-state index >= 15 is 0 Å². The minimum Gasteiger partial charge on any atom is -0.507 e. The molecule has 2 aromatic carbocycles. The first-order valence-corrected chi connectivity index (χ1v) is 7.51. The van der Waals surface area contributed by atoms with Crippen molar-refractivity contribution in [3.8, 4) is 5.75 Å². The Morgan fingerprint density at radius 1 is 1.09 bits per heavy atom. The van der Waals surface area contributed by atoms with Gasteiger partial charge in [-0.25, -0.2) is 0 Å². The van der Waals surface area contributed by atoms with Crippen LogP contribution in [0.1, 0.15) is 29.8 Å². The molecule has 0 radical (unpaired) electrons. The first kappa shape index (κ1) is 15.8. The molecule has 0 saturated heterocycles. The van der Waals surface area contributed by atoms with Crippen LogP contribution in [0.3, 0.4) is 0 Å². The average Bonchev–Trinajstić information content (AvgIpc) is 2.55. The Morgan fingerprint density at radius 2 is 1.77 bits per heavy atom. The molecular formula is C19H21NO2. The van der Waals surface area contributed by atoms with Gasteiger partial charge < -0.3 is 10.0 Å². The maximum atomic E-state index is 12.0. The SMILES string of the molecule is CCN(CC)c1ccc(/C=C\C(=O)c2ccccc2)c(O)c1. The highest BCUT2D eigenvalue weighted by Crippen LogP contribution is 2.25. The minimum atomic E-state index is -0.0761. The van der Waals surface area contributed by atoms with Crippen LogP contribution < -0.4 is 4.90 Å². The van der Waals surface area contributed by atoms with E-state index in [1.165, 1.54) is 6.08 Å². The Labute approximate surface area is 131 Å². The summed E-state index contributed by atoms with van der Waals surface area (Å²) >= 11 is 0. The third-order valence-electron chi connectivity index (χ3n) is 3.62. The van der Waals surface area contributed by atoms with E-state index < -0.39 is 0 Å². The molecule has 3 heteroatoms. The number of rotatable bonds is 6. The van der Waals surface area contributed by atoms with Crippen LogP contribution in [-0.4, -0.2) is 24.0 Å². The summed E-state index contributed by atoms with van der Waals surface area (Å²) in [4.78, 5) is 14.2. The van der Waals surface area contributed by atoms with Crippen LogP contribution in [0, 0.1) is 0 Å². The van der Waals surface area contributed by atoms with Gasteiger partial charge in [-0.3, -0.25) is 4.79 Å². The number of carbonyl (C=O) groups is 1. The second-order valence-corrected chi connectivity index (χ2v) is 4.98. The smallest absolute Gasteiger partial charge is 0.185 e. The largest absolute Gasteiger partial charge is 0.507 e. The fourth-order valence-electron chi connectivity index (χ4n) is 2.32. The number of hydrogen-bond acceptors (Lipinski definition) is 3. The lowest BCUT2D eigenvalue weighted by Gasteiger charge is -2.21. The van der Waals surface area contributed by atoms with Gasteiger partial charge in [0.05, 0.1) is 0 Å². The third-order valence-corrected chi connectivity index (χ3v) is 3.62. The molecule has 0 fully saturated rings. The van der Waals surface area contributed by atoms with Crippen molar-refractivity contribution in [1.82, 2.24) is 0 Å². The molecule has 1 N–H and O–H groups in total. The molecule has 3 nitrogen and oxygen atoms in total. The quantitative estimate of drug-likeness (QED) is 0.643. The van der Waals surface area contributed by atoms with Gasteiger partial charge in [0.1, 0.15) is 5.75 Å². The molecule has 0 spiro atoms. The number of ketones is 1.